The van der Waals surface area contributed by atoms with Crippen LogP contribution in [0.5, 0.6) is 0 Å². The van der Waals surface area contributed by atoms with Crippen LogP contribution in [0, 0.1) is 5.92 Å². The van der Waals surface area contributed by atoms with Crippen molar-refractivity contribution in [1.29, 1.82) is 0 Å². The number of hydrogen-bond donors (Lipinski definition) is 3. The number of aromatic nitrogens is 4. The summed E-state index contributed by atoms with van der Waals surface area (Å²) in [6.45, 7) is 1.40. The zero-order valence-corrected chi connectivity index (χ0v) is 16.9. The Kier molecular flexibility index (Phi) is 5.37. The topological polar surface area (TPSA) is 153 Å². The fourth-order valence-electron chi connectivity index (χ4n) is 4.09. The van der Waals surface area contributed by atoms with Gasteiger partial charge in [0.15, 0.2) is 11.5 Å². The van der Waals surface area contributed by atoms with Gasteiger partial charge in [-0.15, -0.1) is 0 Å². The smallest absolute Gasteiger partial charge is 0.306 e. The predicted octanol–water partition coefficient (Wildman–Crippen LogP) is 2.21. The third-order valence-corrected chi connectivity index (χ3v) is 5.57. The molecule has 0 saturated heterocycles. The fourth-order valence-corrected chi connectivity index (χ4v) is 4.09. The monoisotopic (exact) mass is 422 g/mol. The molecule has 10 heteroatoms. The van der Waals surface area contributed by atoms with Gasteiger partial charge in [-0.25, -0.2) is 15.0 Å². The van der Waals surface area contributed by atoms with E-state index in [0.29, 0.717) is 48.1 Å². The highest BCUT2D eigenvalue weighted by atomic mass is 16.4. The standard InChI is InChI=1S/C21H22N6O4/c1-11(28)25-14-4-2-3-13(9-14)16-20(29)27(15-7-5-12(6-8-15)21(30)31)19-17(26-16)18(22)23-10-24-19/h2-4,9-10,12,15H,5-8H2,1H3,(H,25,28)(H,30,31)(H2,22,23,24). The normalized spacial score (nSPS) is 18.6. The highest BCUT2D eigenvalue weighted by Gasteiger charge is 2.29. The second kappa shape index (κ2) is 8.13. The van der Waals surface area contributed by atoms with Crippen molar-refractivity contribution in [1.82, 2.24) is 19.5 Å². The molecule has 0 unspecified atom stereocenters. The van der Waals surface area contributed by atoms with Crippen molar-refractivity contribution in [2.75, 3.05) is 11.1 Å². The Labute approximate surface area is 177 Å². The molecule has 2 heterocycles. The summed E-state index contributed by atoms with van der Waals surface area (Å²) in [7, 11) is 0. The number of aliphatic carboxylic acids is 1. The summed E-state index contributed by atoms with van der Waals surface area (Å²) in [6.07, 6.45) is 3.31. The molecular weight excluding hydrogens is 400 g/mol. The van der Waals surface area contributed by atoms with Crippen LogP contribution in [0.1, 0.15) is 38.6 Å². The minimum atomic E-state index is -0.813. The van der Waals surface area contributed by atoms with Crippen LogP contribution in [-0.4, -0.2) is 36.5 Å². The van der Waals surface area contributed by atoms with Crippen molar-refractivity contribution in [3.8, 4) is 11.3 Å². The van der Waals surface area contributed by atoms with Crippen LogP contribution in [0.2, 0.25) is 0 Å². The van der Waals surface area contributed by atoms with Crippen LogP contribution >= 0.6 is 0 Å². The third kappa shape index (κ3) is 3.96. The summed E-state index contributed by atoms with van der Waals surface area (Å²) in [5.74, 6) is -1.30. The highest BCUT2D eigenvalue weighted by Crippen LogP contribution is 2.34. The molecule has 1 aliphatic carbocycles. The molecule has 0 atom stereocenters. The molecule has 2 aromatic heterocycles. The molecule has 0 spiro atoms. The average molecular weight is 422 g/mol. The average Bonchev–Trinajstić information content (AvgIpc) is 2.73. The SMILES string of the molecule is CC(=O)Nc1cccc(-c2nc3c(N)ncnc3n(C3CCC(C(=O)O)CC3)c2=O)c1. The van der Waals surface area contributed by atoms with Gasteiger partial charge in [-0.2, -0.15) is 0 Å². The van der Waals surface area contributed by atoms with E-state index in [1.165, 1.54) is 13.3 Å². The number of nitrogens with zero attached hydrogens (tertiary/aromatic N) is 4. The van der Waals surface area contributed by atoms with Crippen molar-refractivity contribution >= 4 is 34.5 Å². The van der Waals surface area contributed by atoms with Crippen molar-refractivity contribution in [3.63, 3.8) is 0 Å². The van der Waals surface area contributed by atoms with Crippen molar-refractivity contribution in [3.05, 3.63) is 40.9 Å². The maximum absolute atomic E-state index is 13.5. The first kappa shape index (κ1) is 20.5. The highest BCUT2D eigenvalue weighted by molar-refractivity contribution is 5.89. The van der Waals surface area contributed by atoms with E-state index >= 15 is 0 Å². The lowest BCUT2D eigenvalue weighted by atomic mass is 9.86. The molecule has 0 radical (unpaired) electrons. The largest absolute Gasteiger partial charge is 0.481 e. The Bertz CT molecular complexity index is 1230. The quantitative estimate of drug-likeness (QED) is 0.578. The minimum absolute atomic E-state index is 0.150. The number of rotatable bonds is 4. The first-order valence-electron chi connectivity index (χ1n) is 9.98. The van der Waals surface area contributed by atoms with Crippen molar-refractivity contribution < 1.29 is 14.7 Å². The molecule has 1 aliphatic rings. The predicted molar refractivity (Wildman–Crippen MR) is 114 cm³/mol. The van der Waals surface area contributed by atoms with Crippen molar-refractivity contribution in [2.45, 2.75) is 38.6 Å². The molecule has 4 N–H and O–H groups in total. The number of anilines is 2. The summed E-state index contributed by atoms with van der Waals surface area (Å²) < 4.78 is 1.57. The van der Waals surface area contributed by atoms with Crippen LogP contribution in [0.3, 0.4) is 0 Å². The number of nitrogen functional groups attached to an aromatic ring is 1. The second-order valence-corrected chi connectivity index (χ2v) is 7.67. The van der Waals surface area contributed by atoms with Gasteiger partial charge in [0.05, 0.1) is 5.92 Å². The van der Waals surface area contributed by atoms with Crippen molar-refractivity contribution in [2.24, 2.45) is 5.92 Å². The van der Waals surface area contributed by atoms with E-state index in [4.69, 9.17) is 5.73 Å². The van der Waals surface area contributed by atoms with Crippen LogP contribution < -0.4 is 16.6 Å². The number of carboxylic acid groups (broad SMARTS) is 1. The van der Waals surface area contributed by atoms with Crippen LogP contribution in [0.15, 0.2) is 35.4 Å². The molecule has 160 valence electrons. The molecule has 4 rings (SSSR count). The minimum Gasteiger partial charge on any atom is -0.481 e. The summed E-state index contributed by atoms with van der Waals surface area (Å²) >= 11 is 0. The van der Waals surface area contributed by atoms with Gasteiger partial charge >= 0.3 is 5.97 Å². The van der Waals surface area contributed by atoms with Gasteiger partial charge in [-0.1, -0.05) is 12.1 Å². The number of fused-ring (bicyclic) bond motifs is 1. The molecule has 31 heavy (non-hydrogen) atoms. The van der Waals surface area contributed by atoms with Gasteiger partial charge in [0.1, 0.15) is 17.5 Å². The van der Waals surface area contributed by atoms with E-state index in [-0.39, 0.29) is 29.0 Å². The number of benzene rings is 1. The Hall–Kier alpha value is -3.82. The molecule has 3 aromatic rings. The van der Waals surface area contributed by atoms with Crippen LogP contribution in [0.4, 0.5) is 11.5 Å². The van der Waals surface area contributed by atoms with Gasteiger partial charge in [-0.05, 0) is 37.8 Å². The van der Waals surface area contributed by atoms with Crippen LogP contribution in [-0.2, 0) is 9.59 Å². The molecular formula is C21H22N6O4. The molecule has 1 aromatic carbocycles. The number of nitrogens with one attached hydrogen (secondary N) is 1. The number of carbonyl (C=O) groups excluding carboxylic acids is 1. The van der Waals surface area contributed by atoms with E-state index in [2.05, 4.69) is 20.3 Å². The van der Waals surface area contributed by atoms with Gasteiger partial charge in [0.2, 0.25) is 5.91 Å². The maximum Gasteiger partial charge on any atom is 0.306 e. The first-order chi connectivity index (χ1) is 14.8. The Morgan fingerprint density at radius 2 is 1.94 bits per heavy atom. The van der Waals surface area contributed by atoms with E-state index in [0.717, 1.165) is 0 Å². The zero-order chi connectivity index (χ0) is 22.1. The van der Waals surface area contributed by atoms with E-state index in [9.17, 15) is 19.5 Å². The fraction of sp³-hybridized carbons (Fsp3) is 0.333. The molecule has 0 aliphatic heterocycles. The number of carboxylic acids is 1. The second-order valence-electron chi connectivity index (χ2n) is 7.67. The summed E-state index contributed by atoms with van der Waals surface area (Å²) in [6, 6.07) is 6.61. The van der Waals surface area contributed by atoms with Gasteiger partial charge < -0.3 is 16.2 Å². The summed E-state index contributed by atoms with van der Waals surface area (Å²) in [5.41, 5.74) is 7.57. The molecule has 1 amide bonds. The maximum atomic E-state index is 13.5. The molecule has 1 saturated carbocycles. The lowest BCUT2D eigenvalue weighted by Crippen LogP contribution is -2.32. The Balaban J connectivity index is 1.86. The third-order valence-electron chi connectivity index (χ3n) is 5.57. The lowest BCUT2D eigenvalue weighted by molar-refractivity contribution is -0.143. The molecule has 1 fully saturated rings. The lowest BCUT2D eigenvalue weighted by Gasteiger charge is -2.28. The number of amides is 1. The van der Waals surface area contributed by atoms with Gasteiger partial charge in [0, 0.05) is 24.2 Å². The van der Waals surface area contributed by atoms with Gasteiger partial charge in [-0.3, -0.25) is 19.0 Å². The number of nitrogens with two attached hydrogens (primary N) is 1. The molecule has 10 nitrogen and oxygen atoms in total. The number of carbonyl (C=O) groups is 2. The van der Waals surface area contributed by atoms with Gasteiger partial charge in [0.25, 0.3) is 5.56 Å². The zero-order valence-electron chi connectivity index (χ0n) is 16.9. The Morgan fingerprint density at radius 3 is 2.61 bits per heavy atom. The molecule has 0 bridgehead atoms. The van der Waals surface area contributed by atoms with E-state index in [1.807, 2.05) is 0 Å². The van der Waals surface area contributed by atoms with E-state index < -0.39 is 11.9 Å². The first-order valence-corrected chi connectivity index (χ1v) is 9.98. The summed E-state index contributed by atoms with van der Waals surface area (Å²) in [4.78, 5) is 49.0. The van der Waals surface area contributed by atoms with E-state index in [1.54, 1.807) is 28.8 Å². The van der Waals surface area contributed by atoms with Crippen LogP contribution in [0.25, 0.3) is 22.4 Å². The number of hydrogen-bond acceptors (Lipinski definition) is 7. The summed E-state index contributed by atoms with van der Waals surface area (Å²) in [5, 5.41) is 12.0. The Morgan fingerprint density at radius 1 is 1.19 bits per heavy atom.